The van der Waals surface area contributed by atoms with Gasteiger partial charge in [-0.15, -0.1) is 0 Å². The van der Waals surface area contributed by atoms with Gasteiger partial charge < -0.3 is 10.6 Å². The number of para-hydroxylation sites is 1. The number of nitrogen functional groups attached to an aromatic ring is 1. The van der Waals surface area contributed by atoms with Gasteiger partial charge in [-0.25, -0.2) is 0 Å². The number of likely N-dealkylation sites (tertiary alicyclic amines) is 1. The van der Waals surface area contributed by atoms with Gasteiger partial charge in [0.1, 0.15) is 11.3 Å². The summed E-state index contributed by atoms with van der Waals surface area (Å²) in [4.78, 5) is 24.7. The van der Waals surface area contributed by atoms with Crippen molar-refractivity contribution < 1.29 is 9.72 Å². The molecule has 1 atom stereocenters. The third-order valence-corrected chi connectivity index (χ3v) is 3.93. The second kappa shape index (κ2) is 5.48. The van der Waals surface area contributed by atoms with E-state index in [9.17, 15) is 14.9 Å². The molecule has 1 aliphatic rings. The van der Waals surface area contributed by atoms with E-state index < -0.39 is 4.92 Å². The van der Waals surface area contributed by atoms with Gasteiger partial charge in [0, 0.05) is 13.1 Å². The molecule has 1 heterocycles. The van der Waals surface area contributed by atoms with Crippen LogP contribution in [0.5, 0.6) is 0 Å². The Hall–Kier alpha value is -2.11. The molecule has 1 aromatic rings. The summed E-state index contributed by atoms with van der Waals surface area (Å²) in [6, 6.07) is 4.49. The number of nitro groups is 1. The molecule has 0 bridgehead atoms. The van der Waals surface area contributed by atoms with Crippen LogP contribution in [0.1, 0.15) is 30.6 Å². The van der Waals surface area contributed by atoms with E-state index in [2.05, 4.69) is 13.8 Å². The Kier molecular flexibility index (Phi) is 3.92. The average molecular weight is 277 g/mol. The van der Waals surface area contributed by atoms with E-state index in [1.54, 1.807) is 11.0 Å². The van der Waals surface area contributed by atoms with Crippen LogP contribution in [0.3, 0.4) is 0 Å². The maximum absolute atomic E-state index is 12.5. The zero-order valence-electron chi connectivity index (χ0n) is 11.7. The molecule has 1 aromatic carbocycles. The van der Waals surface area contributed by atoms with Gasteiger partial charge in [-0.1, -0.05) is 19.9 Å². The fourth-order valence-corrected chi connectivity index (χ4v) is 2.62. The molecule has 0 radical (unpaired) electrons. The van der Waals surface area contributed by atoms with E-state index in [1.807, 2.05) is 0 Å². The second-order valence-electron chi connectivity index (χ2n) is 5.54. The number of anilines is 1. The molecular formula is C14H19N3O3. The fourth-order valence-electron chi connectivity index (χ4n) is 2.62. The number of carbonyl (C=O) groups excluding carboxylic acids is 1. The summed E-state index contributed by atoms with van der Waals surface area (Å²) in [5.41, 5.74) is 5.45. The Labute approximate surface area is 117 Å². The van der Waals surface area contributed by atoms with Crippen LogP contribution in [0.2, 0.25) is 0 Å². The van der Waals surface area contributed by atoms with Crippen molar-refractivity contribution in [1.29, 1.82) is 0 Å². The Bertz CT molecular complexity index is 542. The highest BCUT2D eigenvalue weighted by Crippen LogP contribution is 2.30. The molecule has 6 heteroatoms. The predicted molar refractivity (Wildman–Crippen MR) is 76.4 cm³/mol. The first-order chi connectivity index (χ1) is 9.41. The van der Waals surface area contributed by atoms with E-state index in [-0.39, 0.29) is 22.8 Å². The summed E-state index contributed by atoms with van der Waals surface area (Å²) in [5.74, 6) is 0.662. The van der Waals surface area contributed by atoms with Crippen molar-refractivity contribution >= 4 is 17.3 Å². The molecule has 0 saturated carbocycles. The highest BCUT2D eigenvalue weighted by atomic mass is 16.6. The van der Waals surface area contributed by atoms with Crippen LogP contribution in [-0.4, -0.2) is 28.8 Å². The van der Waals surface area contributed by atoms with Crippen molar-refractivity contribution in [3.05, 3.63) is 33.9 Å². The molecule has 0 aliphatic carbocycles. The Morgan fingerprint density at radius 3 is 2.75 bits per heavy atom. The summed E-state index contributed by atoms with van der Waals surface area (Å²) < 4.78 is 0. The van der Waals surface area contributed by atoms with Gasteiger partial charge in [-0.05, 0) is 30.4 Å². The first-order valence-electron chi connectivity index (χ1n) is 6.74. The SMILES string of the molecule is CC(C)C1CCN(C(=O)c2cccc(N)c2[N+](=O)[O-])C1. The number of hydrogen-bond acceptors (Lipinski definition) is 4. The van der Waals surface area contributed by atoms with E-state index in [0.29, 0.717) is 24.9 Å². The van der Waals surface area contributed by atoms with Crippen LogP contribution < -0.4 is 5.73 Å². The molecule has 1 aliphatic heterocycles. The Morgan fingerprint density at radius 2 is 2.20 bits per heavy atom. The van der Waals surface area contributed by atoms with Crippen molar-refractivity contribution in [2.24, 2.45) is 11.8 Å². The molecule has 1 amide bonds. The molecule has 1 saturated heterocycles. The lowest BCUT2D eigenvalue weighted by molar-refractivity contribution is -0.384. The number of hydrogen-bond donors (Lipinski definition) is 1. The van der Waals surface area contributed by atoms with Crippen molar-refractivity contribution in [2.45, 2.75) is 20.3 Å². The van der Waals surface area contributed by atoms with Crippen LogP contribution in [0.15, 0.2) is 18.2 Å². The van der Waals surface area contributed by atoms with Crippen LogP contribution in [0.4, 0.5) is 11.4 Å². The first kappa shape index (κ1) is 14.3. The molecule has 6 nitrogen and oxygen atoms in total. The lowest BCUT2D eigenvalue weighted by atomic mass is 9.95. The Balaban J connectivity index is 2.27. The smallest absolute Gasteiger partial charge is 0.304 e. The summed E-state index contributed by atoms with van der Waals surface area (Å²) in [6.07, 6.45) is 0.944. The van der Waals surface area contributed by atoms with Gasteiger partial charge in [0.25, 0.3) is 5.91 Å². The van der Waals surface area contributed by atoms with Crippen molar-refractivity contribution in [3.8, 4) is 0 Å². The minimum atomic E-state index is -0.585. The summed E-state index contributed by atoms with van der Waals surface area (Å²) in [6.45, 7) is 5.55. The van der Waals surface area contributed by atoms with Crippen molar-refractivity contribution in [1.82, 2.24) is 4.90 Å². The largest absolute Gasteiger partial charge is 0.393 e. The van der Waals surface area contributed by atoms with E-state index in [0.717, 1.165) is 6.42 Å². The van der Waals surface area contributed by atoms with Crippen LogP contribution in [-0.2, 0) is 0 Å². The minimum absolute atomic E-state index is 0.0282. The van der Waals surface area contributed by atoms with Gasteiger partial charge in [-0.2, -0.15) is 0 Å². The van der Waals surface area contributed by atoms with Gasteiger partial charge in [0.15, 0.2) is 0 Å². The normalized spacial score (nSPS) is 18.6. The van der Waals surface area contributed by atoms with Gasteiger partial charge in [-0.3, -0.25) is 14.9 Å². The highest BCUT2D eigenvalue weighted by molar-refractivity contribution is 6.00. The predicted octanol–water partition coefficient (Wildman–Crippen LogP) is 2.30. The minimum Gasteiger partial charge on any atom is -0.393 e. The maximum Gasteiger partial charge on any atom is 0.304 e. The monoisotopic (exact) mass is 277 g/mol. The zero-order chi connectivity index (χ0) is 14.9. The number of nitrogens with two attached hydrogens (primary N) is 1. The molecular weight excluding hydrogens is 258 g/mol. The molecule has 2 rings (SSSR count). The highest BCUT2D eigenvalue weighted by Gasteiger charge is 2.32. The van der Waals surface area contributed by atoms with Gasteiger partial charge >= 0.3 is 5.69 Å². The summed E-state index contributed by atoms with van der Waals surface area (Å²) >= 11 is 0. The number of rotatable bonds is 3. The third kappa shape index (κ3) is 2.59. The quantitative estimate of drug-likeness (QED) is 0.521. The second-order valence-corrected chi connectivity index (χ2v) is 5.54. The van der Waals surface area contributed by atoms with Crippen LogP contribution in [0.25, 0.3) is 0 Å². The fraction of sp³-hybridized carbons (Fsp3) is 0.500. The summed E-state index contributed by atoms with van der Waals surface area (Å²) in [7, 11) is 0. The van der Waals surface area contributed by atoms with Crippen LogP contribution >= 0.6 is 0 Å². The van der Waals surface area contributed by atoms with E-state index in [1.165, 1.54) is 12.1 Å². The van der Waals surface area contributed by atoms with Crippen molar-refractivity contribution in [2.75, 3.05) is 18.8 Å². The summed E-state index contributed by atoms with van der Waals surface area (Å²) in [5, 5.41) is 11.1. The number of nitro benzene ring substituents is 1. The topological polar surface area (TPSA) is 89.5 Å². The molecule has 20 heavy (non-hydrogen) atoms. The number of benzene rings is 1. The van der Waals surface area contributed by atoms with Gasteiger partial charge in [0.05, 0.1) is 4.92 Å². The standard InChI is InChI=1S/C14H19N3O3/c1-9(2)10-6-7-16(8-10)14(18)11-4-3-5-12(15)13(11)17(19)20/h3-5,9-10H,6-8,15H2,1-2H3. The molecule has 0 aromatic heterocycles. The van der Waals surface area contributed by atoms with E-state index in [4.69, 9.17) is 5.73 Å². The van der Waals surface area contributed by atoms with E-state index >= 15 is 0 Å². The van der Waals surface area contributed by atoms with Gasteiger partial charge in [0.2, 0.25) is 0 Å². The first-order valence-corrected chi connectivity index (χ1v) is 6.74. The molecule has 0 spiro atoms. The Morgan fingerprint density at radius 1 is 1.50 bits per heavy atom. The zero-order valence-corrected chi connectivity index (χ0v) is 11.7. The number of amides is 1. The lowest BCUT2D eigenvalue weighted by Crippen LogP contribution is -2.30. The molecule has 1 fully saturated rings. The molecule has 1 unspecified atom stereocenters. The molecule has 2 N–H and O–H groups in total. The third-order valence-electron chi connectivity index (χ3n) is 3.93. The van der Waals surface area contributed by atoms with Crippen molar-refractivity contribution in [3.63, 3.8) is 0 Å². The molecule has 108 valence electrons. The number of nitrogens with zero attached hydrogens (tertiary/aromatic N) is 2. The number of carbonyl (C=O) groups is 1. The maximum atomic E-state index is 12.5. The van der Waals surface area contributed by atoms with Crippen LogP contribution in [0, 0.1) is 22.0 Å². The lowest BCUT2D eigenvalue weighted by Gasteiger charge is -2.18. The average Bonchev–Trinajstić information content (AvgIpc) is 2.86.